The molecule has 1 rings (SSSR count). The van der Waals surface area contributed by atoms with Gasteiger partial charge in [-0.2, -0.15) is 0 Å². The van der Waals surface area contributed by atoms with Crippen LogP contribution in [0.15, 0.2) is 30.3 Å². The highest BCUT2D eigenvalue weighted by atomic mass is 16.5. The van der Waals surface area contributed by atoms with Crippen molar-refractivity contribution in [3.05, 3.63) is 37.3 Å². The number of hydrogen-bond acceptors (Lipinski definition) is 3. The summed E-state index contributed by atoms with van der Waals surface area (Å²) in [6.45, 7) is 10.2. The van der Waals surface area contributed by atoms with Crippen LogP contribution in [-0.2, 0) is 0 Å². The van der Waals surface area contributed by atoms with Gasteiger partial charge in [0.1, 0.15) is 18.5 Å². The average Bonchev–Trinajstić information content (AvgIpc) is 2.49. The third-order valence-corrected chi connectivity index (χ3v) is 3.56. The highest BCUT2D eigenvalue weighted by molar-refractivity contribution is 5.20. The van der Waals surface area contributed by atoms with Crippen LogP contribution in [0.1, 0.15) is 39.5 Å². The number of ether oxygens (including phenoxy) is 1. The van der Waals surface area contributed by atoms with E-state index in [1.54, 1.807) is 0 Å². The molecule has 0 saturated heterocycles. The zero-order valence-corrected chi connectivity index (χ0v) is 13.5. The van der Waals surface area contributed by atoms with Gasteiger partial charge in [0.25, 0.3) is 0 Å². The first-order valence-electron chi connectivity index (χ1n) is 8.02. The first kappa shape index (κ1) is 18.0. The number of unbranched alkanes of at least 4 members (excludes halogenated alkanes) is 3. The fourth-order valence-electron chi connectivity index (χ4n) is 2.26. The van der Waals surface area contributed by atoms with E-state index in [1.165, 1.54) is 19.3 Å². The van der Waals surface area contributed by atoms with E-state index in [2.05, 4.69) is 25.7 Å². The van der Waals surface area contributed by atoms with Gasteiger partial charge in [0.2, 0.25) is 0 Å². The third kappa shape index (κ3) is 8.08. The molecule has 1 aromatic rings. The van der Waals surface area contributed by atoms with Gasteiger partial charge in [-0.3, -0.25) is 4.90 Å². The summed E-state index contributed by atoms with van der Waals surface area (Å²) in [5.74, 6) is 0.808. The molecule has 119 valence electrons. The number of aliphatic hydroxyl groups is 1. The molecule has 1 radical (unpaired) electrons. The maximum absolute atomic E-state index is 10.2. The van der Waals surface area contributed by atoms with Crippen LogP contribution < -0.4 is 4.74 Å². The van der Waals surface area contributed by atoms with Crippen molar-refractivity contribution in [2.75, 3.05) is 19.7 Å². The van der Waals surface area contributed by atoms with E-state index in [0.29, 0.717) is 19.2 Å². The Labute approximate surface area is 129 Å². The Hall–Kier alpha value is -1.06. The van der Waals surface area contributed by atoms with Crippen molar-refractivity contribution < 1.29 is 9.84 Å². The second-order valence-electron chi connectivity index (χ2n) is 5.78. The molecule has 0 spiro atoms. The molecule has 0 aliphatic rings. The fraction of sp³-hybridized carbons (Fsp3) is 0.611. The Morgan fingerprint density at radius 3 is 2.48 bits per heavy atom. The van der Waals surface area contributed by atoms with E-state index in [9.17, 15) is 5.11 Å². The minimum absolute atomic E-state index is 0.339. The molecule has 1 unspecified atom stereocenters. The first-order valence-corrected chi connectivity index (χ1v) is 8.02. The molecule has 21 heavy (non-hydrogen) atoms. The normalized spacial score (nSPS) is 12.9. The van der Waals surface area contributed by atoms with E-state index in [4.69, 9.17) is 4.74 Å². The summed E-state index contributed by atoms with van der Waals surface area (Å²) in [4.78, 5) is 2.32. The van der Waals surface area contributed by atoms with Crippen molar-refractivity contribution in [3.8, 4) is 5.75 Å². The van der Waals surface area contributed by atoms with Gasteiger partial charge in [-0.15, -0.1) is 0 Å². The summed E-state index contributed by atoms with van der Waals surface area (Å²) >= 11 is 0. The first-order chi connectivity index (χ1) is 10.1. The molecule has 0 bridgehead atoms. The fourth-order valence-corrected chi connectivity index (χ4v) is 2.26. The number of benzene rings is 1. The quantitative estimate of drug-likeness (QED) is 0.633. The Kier molecular flexibility index (Phi) is 9.11. The Balaban J connectivity index is 2.29. The zero-order valence-electron chi connectivity index (χ0n) is 13.5. The van der Waals surface area contributed by atoms with Crippen LogP contribution >= 0.6 is 0 Å². The van der Waals surface area contributed by atoms with Crippen molar-refractivity contribution in [1.29, 1.82) is 0 Å². The molecule has 1 atom stereocenters. The molecular weight excluding hydrogens is 262 g/mol. The monoisotopic (exact) mass is 292 g/mol. The van der Waals surface area contributed by atoms with Gasteiger partial charge in [0.15, 0.2) is 0 Å². The summed E-state index contributed by atoms with van der Waals surface area (Å²) < 4.78 is 5.61. The Morgan fingerprint density at radius 2 is 1.86 bits per heavy atom. The van der Waals surface area contributed by atoms with Crippen LogP contribution in [0.4, 0.5) is 0 Å². The molecule has 0 fully saturated rings. The lowest BCUT2D eigenvalue weighted by molar-refractivity contribution is 0.0568. The van der Waals surface area contributed by atoms with Crippen LogP contribution in [0.2, 0.25) is 0 Å². The highest BCUT2D eigenvalue weighted by Gasteiger charge is 2.15. The molecule has 3 nitrogen and oxygen atoms in total. The largest absolute Gasteiger partial charge is 0.491 e. The summed E-state index contributed by atoms with van der Waals surface area (Å²) in [5, 5.41) is 10.2. The third-order valence-electron chi connectivity index (χ3n) is 3.56. The molecule has 3 heteroatoms. The molecule has 0 heterocycles. The van der Waals surface area contributed by atoms with Crippen molar-refractivity contribution in [2.24, 2.45) is 0 Å². The number of aliphatic hydroxyl groups excluding tert-OH is 1. The van der Waals surface area contributed by atoms with Crippen LogP contribution in [0.3, 0.4) is 0 Å². The standard InChI is InChI=1S/C18H30NO2/c1-4-5-6-10-13-19(16(2)3)14-17(20)15-21-18-11-8-7-9-12-18/h7-9,11-12,16-17,20H,1,4-6,10,13-15H2,2-3H3. The van der Waals surface area contributed by atoms with Crippen LogP contribution in [-0.4, -0.2) is 41.8 Å². The minimum Gasteiger partial charge on any atom is -0.491 e. The zero-order chi connectivity index (χ0) is 15.5. The average molecular weight is 292 g/mol. The lowest BCUT2D eigenvalue weighted by Gasteiger charge is -2.28. The predicted octanol–water partition coefficient (Wildman–Crippen LogP) is 3.53. The van der Waals surface area contributed by atoms with Gasteiger partial charge in [0, 0.05) is 12.6 Å². The molecule has 0 aliphatic heterocycles. The summed E-state index contributed by atoms with van der Waals surface area (Å²) in [7, 11) is 0. The molecule has 0 amide bonds. The van der Waals surface area contributed by atoms with Crippen molar-refractivity contribution in [2.45, 2.75) is 51.7 Å². The molecule has 0 saturated carbocycles. The van der Waals surface area contributed by atoms with Crippen molar-refractivity contribution in [3.63, 3.8) is 0 Å². The van der Waals surface area contributed by atoms with Gasteiger partial charge < -0.3 is 9.84 Å². The van der Waals surface area contributed by atoms with E-state index >= 15 is 0 Å². The van der Waals surface area contributed by atoms with E-state index in [1.807, 2.05) is 30.3 Å². The lowest BCUT2D eigenvalue weighted by atomic mass is 10.1. The Morgan fingerprint density at radius 1 is 1.14 bits per heavy atom. The van der Waals surface area contributed by atoms with Crippen LogP contribution in [0.5, 0.6) is 5.75 Å². The van der Waals surface area contributed by atoms with Crippen molar-refractivity contribution >= 4 is 0 Å². The minimum atomic E-state index is -0.458. The Bertz CT molecular complexity index is 353. The number of para-hydroxylation sites is 1. The number of hydrogen-bond donors (Lipinski definition) is 1. The van der Waals surface area contributed by atoms with Crippen LogP contribution in [0.25, 0.3) is 0 Å². The topological polar surface area (TPSA) is 32.7 Å². The number of nitrogens with zero attached hydrogens (tertiary/aromatic N) is 1. The van der Waals surface area contributed by atoms with Crippen molar-refractivity contribution in [1.82, 2.24) is 4.90 Å². The summed E-state index contributed by atoms with van der Waals surface area (Å²) in [6.07, 6.45) is 4.12. The maximum Gasteiger partial charge on any atom is 0.119 e. The lowest BCUT2D eigenvalue weighted by Crippen LogP contribution is -2.40. The van der Waals surface area contributed by atoms with E-state index in [-0.39, 0.29) is 0 Å². The SMILES string of the molecule is [CH2]CCCCCN(CC(O)COc1ccccc1)C(C)C. The molecule has 0 aliphatic carbocycles. The molecule has 1 N–H and O–H groups in total. The molecular formula is C18H30NO2. The van der Waals surface area contributed by atoms with Gasteiger partial charge in [0.05, 0.1) is 0 Å². The van der Waals surface area contributed by atoms with Gasteiger partial charge >= 0.3 is 0 Å². The van der Waals surface area contributed by atoms with Gasteiger partial charge in [-0.1, -0.05) is 44.4 Å². The smallest absolute Gasteiger partial charge is 0.119 e. The summed E-state index contributed by atoms with van der Waals surface area (Å²) in [5.41, 5.74) is 0. The van der Waals surface area contributed by atoms with Gasteiger partial charge in [-0.25, -0.2) is 0 Å². The molecule has 0 aromatic heterocycles. The van der Waals surface area contributed by atoms with E-state index < -0.39 is 6.10 Å². The van der Waals surface area contributed by atoms with Crippen LogP contribution in [0, 0.1) is 6.92 Å². The predicted molar refractivity (Wildman–Crippen MR) is 88.5 cm³/mol. The molecule has 1 aromatic carbocycles. The van der Waals surface area contributed by atoms with E-state index in [0.717, 1.165) is 18.7 Å². The second-order valence-corrected chi connectivity index (χ2v) is 5.78. The maximum atomic E-state index is 10.2. The highest BCUT2D eigenvalue weighted by Crippen LogP contribution is 2.10. The summed E-state index contributed by atoms with van der Waals surface area (Å²) in [6, 6.07) is 10.1. The number of rotatable bonds is 11. The van der Waals surface area contributed by atoms with Gasteiger partial charge in [-0.05, 0) is 38.9 Å². The second kappa shape index (κ2) is 10.6.